The van der Waals surface area contributed by atoms with E-state index in [0.717, 1.165) is 12.8 Å². The lowest BCUT2D eigenvalue weighted by atomic mass is 10.1. The Kier molecular flexibility index (Phi) is 9.26. The summed E-state index contributed by atoms with van der Waals surface area (Å²) < 4.78 is 6.33. The van der Waals surface area contributed by atoms with Crippen LogP contribution in [0.15, 0.2) is 46.9 Å². The standard InChI is InChI=1S/C22H26BrN3O3S/c1-4-5-12-24-21(28)16-8-6-7-9-18(16)25-22(30)26-20(27)15-10-11-19(17(23)13-15)29-14(2)3/h6-11,13-14H,4-5,12H2,1-3H3,(H,24,28)(H2,25,26,27,30). The average Bonchev–Trinajstić information content (AvgIpc) is 2.69. The van der Waals surface area contributed by atoms with Crippen molar-refractivity contribution in [3.05, 3.63) is 58.1 Å². The lowest BCUT2D eigenvalue weighted by molar-refractivity contribution is 0.0952. The molecule has 0 spiro atoms. The molecule has 0 radical (unpaired) electrons. The molecule has 2 aromatic carbocycles. The van der Waals surface area contributed by atoms with Crippen LogP contribution in [-0.2, 0) is 0 Å². The third kappa shape index (κ3) is 7.11. The van der Waals surface area contributed by atoms with Gasteiger partial charge in [0, 0.05) is 12.1 Å². The number of rotatable bonds is 8. The predicted molar refractivity (Wildman–Crippen MR) is 127 cm³/mol. The maximum absolute atomic E-state index is 12.5. The molecule has 30 heavy (non-hydrogen) atoms. The number of ether oxygens (including phenoxy) is 1. The van der Waals surface area contributed by atoms with Crippen LogP contribution >= 0.6 is 28.1 Å². The molecule has 0 heterocycles. The summed E-state index contributed by atoms with van der Waals surface area (Å²) in [4.78, 5) is 25.0. The van der Waals surface area contributed by atoms with Gasteiger partial charge in [-0.1, -0.05) is 25.5 Å². The van der Waals surface area contributed by atoms with E-state index in [1.54, 1.807) is 42.5 Å². The molecule has 2 amide bonds. The molecule has 6 nitrogen and oxygen atoms in total. The van der Waals surface area contributed by atoms with Crippen LogP contribution in [0.2, 0.25) is 0 Å². The van der Waals surface area contributed by atoms with Crippen molar-refractivity contribution in [2.24, 2.45) is 0 Å². The van der Waals surface area contributed by atoms with Crippen LogP contribution in [0.4, 0.5) is 5.69 Å². The minimum Gasteiger partial charge on any atom is -0.490 e. The molecule has 0 aliphatic heterocycles. The van der Waals surface area contributed by atoms with E-state index in [1.807, 2.05) is 13.8 Å². The van der Waals surface area contributed by atoms with Gasteiger partial charge in [0.25, 0.3) is 11.8 Å². The molecule has 0 aromatic heterocycles. The first-order valence-electron chi connectivity index (χ1n) is 9.77. The Hall–Kier alpha value is -2.45. The van der Waals surface area contributed by atoms with Crippen molar-refractivity contribution in [3.8, 4) is 5.75 Å². The highest BCUT2D eigenvalue weighted by atomic mass is 79.9. The van der Waals surface area contributed by atoms with Gasteiger partial charge in [-0.05, 0) is 78.7 Å². The fourth-order valence-corrected chi connectivity index (χ4v) is 3.26. The Labute approximate surface area is 190 Å². The largest absolute Gasteiger partial charge is 0.490 e. The number of carbonyl (C=O) groups excluding carboxylic acids is 2. The number of hydrogen-bond donors (Lipinski definition) is 3. The third-order valence-electron chi connectivity index (χ3n) is 4.02. The number of amides is 2. The smallest absolute Gasteiger partial charge is 0.257 e. The van der Waals surface area contributed by atoms with E-state index < -0.39 is 0 Å². The van der Waals surface area contributed by atoms with Crippen molar-refractivity contribution in [3.63, 3.8) is 0 Å². The van der Waals surface area contributed by atoms with Crippen LogP contribution < -0.4 is 20.7 Å². The van der Waals surface area contributed by atoms with Crippen LogP contribution in [-0.4, -0.2) is 29.6 Å². The van der Waals surface area contributed by atoms with Gasteiger partial charge in [-0.2, -0.15) is 0 Å². The first-order chi connectivity index (χ1) is 14.3. The zero-order valence-corrected chi connectivity index (χ0v) is 19.7. The number of anilines is 1. The van der Waals surface area contributed by atoms with Crippen LogP contribution in [0.25, 0.3) is 0 Å². The second kappa shape index (κ2) is 11.7. The SMILES string of the molecule is CCCCNC(=O)c1ccccc1NC(=S)NC(=O)c1ccc(OC(C)C)c(Br)c1. The summed E-state index contributed by atoms with van der Waals surface area (Å²) in [5.41, 5.74) is 1.41. The van der Waals surface area contributed by atoms with E-state index in [2.05, 4.69) is 38.8 Å². The van der Waals surface area contributed by atoms with Crippen molar-refractivity contribution in [1.29, 1.82) is 0 Å². The molecule has 2 aromatic rings. The maximum atomic E-state index is 12.5. The van der Waals surface area contributed by atoms with Gasteiger partial charge in [0.05, 0.1) is 21.8 Å². The van der Waals surface area contributed by atoms with Crippen molar-refractivity contribution >= 4 is 50.8 Å². The molecule has 0 atom stereocenters. The maximum Gasteiger partial charge on any atom is 0.257 e. The van der Waals surface area contributed by atoms with Gasteiger partial charge >= 0.3 is 0 Å². The molecular formula is C22H26BrN3O3S. The Bertz CT molecular complexity index is 918. The molecule has 0 unspecified atom stereocenters. The minimum atomic E-state index is -0.367. The third-order valence-corrected chi connectivity index (χ3v) is 4.84. The van der Waals surface area contributed by atoms with Crippen molar-refractivity contribution < 1.29 is 14.3 Å². The summed E-state index contributed by atoms with van der Waals surface area (Å²) in [6.07, 6.45) is 1.93. The monoisotopic (exact) mass is 491 g/mol. The second-order valence-electron chi connectivity index (χ2n) is 6.88. The summed E-state index contributed by atoms with van der Waals surface area (Å²) in [5.74, 6) is 0.102. The van der Waals surface area contributed by atoms with Gasteiger partial charge < -0.3 is 15.4 Å². The highest BCUT2D eigenvalue weighted by Crippen LogP contribution is 2.27. The first-order valence-corrected chi connectivity index (χ1v) is 11.0. The molecule has 0 saturated heterocycles. The summed E-state index contributed by atoms with van der Waals surface area (Å²) in [5, 5.41) is 8.56. The Morgan fingerprint density at radius 1 is 1.13 bits per heavy atom. The topological polar surface area (TPSA) is 79.5 Å². The van der Waals surface area contributed by atoms with E-state index in [-0.39, 0.29) is 23.0 Å². The quantitative estimate of drug-likeness (QED) is 0.361. The highest BCUT2D eigenvalue weighted by Gasteiger charge is 2.14. The van der Waals surface area contributed by atoms with Crippen molar-refractivity contribution in [2.45, 2.75) is 39.7 Å². The first kappa shape index (κ1) is 23.8. The number of hydrogen-bond acceptors (Lipinski definition) is 4. The molecule has 160 valence electrons. The number of nitrogens with one attached hydrogen (secondary N) is 3. The van der Waals surface area contributed by atoms with E-state index in [0.29, 0.717) is 33.6 Å². The van der Waals surface area contributed by atoms with E-state index in [1.165, 1.54) is 0 Å². The van der Waals surface area contributed by atoms with Gasteiger partial charge in [-0.15, -0.1) is 0 Å². The van der Waals surface area contributed by atoms with Crippen LogP contribution in [0, 0.1) is 0 Å². The number of unbranched alkanes of at least 4 members (excludes halogenated alkanes) is 1. The van der Waals surface area contributed by atoms with Gasteiger partial charge in [0.2, 0.25) is 0 Å². The molecule has 0 fully saturated rings. The van der Waals surface area contributed by atoms with E-state index in [4.69, 9.17) is 17.0 Å². The number of halogens is 1. The summed E-state index contributed by atoms with van der Waals surface area (Å²) in [6, 6.07) is 12.1. The van der Waals surface area contributed by atoms with E-state index >= 15 is 0 Å². The van der Waals surface area contributed by atoms with Gasteiger partial charge in [0.15, 0.2) is 5.11 Å². The lowest BCUT2D eigenvalue weighted by Gasteiger charge is -2.14. The average molecular weight is 492 g/mol. The van der Waals surface area contributed by atoms with Crippen LogP contribution in [0.1, 0.15) is 54.3 Å². The fourth-order valence-electron chi connectivity index (χ4n) is 2.58. The predicted octanol–water partition coefficient (Wildman–Crippen LogP) is 4.89. The Balaban J connectivity index is 2.03. The second-order valence-corrected chi connectivity index (χ2v) is 8.14. The molecule has 3 N–H and O–H groups in total. The number of carbonyl (C=O) groups is 2. The summed E-state index contributed by atoms with van der Waals surface area (Å²) in [7, 11) is 0. The molecule has 0 aliphatic carbocycles. The lowest BCUT2D eigenvalue weighted by Crippen LogP contribution is -2.35. The van der Waals surface area contributed by atoms with Crippen LogP contribution in [0.3, 0.4) is 0 Å². The van der Waals surface area contributed by atoms with Crippen molar-refractivity contribution in [1.82, 2.24) is 10.6 Å². The van der Waals surface area contributed by atoms with Crippen LogP contribution in [0.5, 0.6) is 5.75 Å². The summed E-state index contributed by atoms with van der Waals surface area (Å²) in [6.45, 7) is 6.53. The van der Waals surface area contributed by atoms with E-state index in [9.17, 15) is 9.59 Å². The minimum absolute atomic E-state index is 0.0250. The zero-order valence-electron chi connectivity index (χ0n) is 17.3. The van der Waals surface area contributed by atoms with Gasteiger partial charge in [0.1, 0.15) is 5.75 Å². The Morgan fingerprint density at radius 2 is 1.87 bits per heavy atom. The highest BCUT2D eigenvalue weighted by molar-refractivity contribution is 9.10. The molecule has 0 saturated carbocycles. The number of benzene rings is 2. The molecule has 0 aliphatic rings. The normalized spacial score (nSPS) is 10.4. The summed E-state index contributed by atoms with van der Waals surface area (Å²) >= 11 is 8.69. The molecule has 0 bridgehead atoms. The molecule has 2 rings (SSSR count). The number of para-hydroxylation sites is 1. The zero-order chi connectivity index (χ0) is 22.1. The van der Waals surface area contributed by atoms with Gasteiger partial charge in [-0.3, -0.25) is 14.9 Å². The Morgan fingerprint density at radius 3 is 2.53 bits per heavy atom. The molecule has 8 heteroatoms. The molecular weight excluding hydrogens is 466 g/mol. The van der Waals surface area contributed by atoms with Crippen molar-refractivity contribution in [2.75, 3.05) is 11.9 Å². The fraction of sp³-hybridized carbons (Fsp3) is 0.318. The number of thiocarbonyl (C=S) groups is 1. The van der Waals surface area contributed by atoms with Gasteiger partial charge in [-0.25, -0.2) is 0 Å².